The molecule has 112 heavy (non-hydrogen) atoms. The molecular formula is C93H150O17P2. The van der Waals surface area contributed by atoms with Gasteiger partial charge in [-0.2, -0.15) is 0 Å². The number of phosphoric acid groups is 2. The molecule has 0 heterocycles. The van der Waals surface area contributed by atoms with Gasteiger partial charge >= 0.3 is 39.5 Å². The number of hydrogen-bond acceptors (Lipinski definition) is 15. The highest BCUT2D eigenvalue weighted by atomic mass is 31.2. The van der Waals surface area contributed by atoms with Gasteiger partial charge in [-0.25, -0.2) is 9.13 Å². The van der Waals surface area contributed by atoms with Crippen LogP contribution in [-0.4, -0.2) is 96.7 Å². The van der Waals surface area contributed by atoms with E-state index >= 15 is 0 Å². The number of allylic oxidation sites excluding steroid dienone is 32. The monoisotopic (exact) mass is 1600 g/mol. The van der Waals surface area contributed by atoms with Gasteiger partial charge in [-0.3, -0.25) is 37.3 Å². The lowest BCUT2D eigenvalue weighted by atomic mass is 10.1. The Morgan fingerprint density at radius 3 is 0.679 bits per heavy atom. The molecule has 0 aliphatic carbocycles. The highest BCUT2D eigenvalue weighted by Gasteiger charge is 2.30. The normalized spacial score (nSPS) is 14.7. The van der Waals surface area contributed by atoms with Crippen LogP contribution in [0.15, 0.2) is 194 Å². The lowest BCUT2D eigenvalue weighted by Gasteiger charge is -2.21. The van der Waals surface area contributed by atoms with Crippen molar-refractivity contribution in [1.82, 2.24) is 0 Å². The molecule has 0 aromatic carbocycles. The van der Waals surface area contributed by atoms with Crippen LogP contribution in [0.3, 0.4) is 0 Å². The smallest absolute Gasteiger partial charge is 0.462 e. The number of hydrogen-bond donors (Lipinski definition) is 3. The number of rotatable bonds is 78. The summed E-state index contributed by atoms with van der Waals surface area (Å²) in [5, 5.41) is 10.7. The third-order valence-electron chi connectivity index (χ3n) is 17.0. The Balaban J connectivity index is 5.49. The fraction of sp³-hybridized carbons (Fsp3) is 0.613. The highest BCUT2D eigenvalue weighted by molar-refractivity contribution is 7.47. The highest BCUT2D eigenvalue weighted by Crippen LogP contribution is 2.45. The molecule has 4 atom stereocenters. The summed E-state index contributed by atoms with van der Waals surface area (Å²) in [4.78, 5) is 73.3. The molecule has 17 nitrogen and oxygen atoms in total. The number of unbranched alkanes of at least 4 members (excludes halogenated alkanes) is 20. The van der Waals surface area contributed by atoms with E-state index in [9.17, 15) is 43.2 Å². The summed E-state index contributed by atoms with van der Waals surface area (Å²) in [6.07, 6.45) is 102. The molecule has 0 aliphatic rings. The van der Waals surface area contributed by atoms with Gasteiger partial charge in [0.1, 0.15) is 19.3 Å². The van der Waals surface area contributed by atoms with Crippen molar-refractivity contribution in [3.05, 3.63) is 194 Å². The summed E-state index contributed by atoms with van der Waals surface area (Å²) in [5.74, 6) is -2.28. The predicted molar refractivity (Wildman–Crippen MR) is 463 cm³/mol. The molecule has 0 saturated heterocycles. The van der Waals surface area contributed by atoms with Crippen LogP contribution in [0.2, 0.25) is 0 Å². The van der Waals surface area contributed by atoms with Crippen molar-refractivity contribution in [1.29, 1.82) is 0 Å². The molecule has 0 radical (unpaired) electrons. The summed E-state index contributed by atoms with van der Waals surface area (Å²) in [6.45, 7) is 4.34. The van der Waals surface area contributed by atoms with E-state index < -0.39 is 97.5 Å². The molecule has 0 spiro atoms. The number of ether oxygens (including phenoxy) is 4. The minimum absolute atomic E-state index is 0.0679. The number of aliphatic hydroxyl groups excluding tert-OH is 1. The van der Waals surface area contributed by atoms with Crippen molar-refractivity contribution in [3.63, 3.8) is 0 Å². The number of phosphoric ester groups is 2. The van der Waals surface area contributed by atoms with Gasteiger partial charge < -0.3 is 33.8 Å². The minimum Gasteiger partial charge on any atom is -0.462 e. The van der Waals surface area contributed by atoms with E-state index in [1.165, 1.54) is 0 Å². The molecule has 0 saturated carbocycles. The van der Waals surface area contributed by atoms with E-state index in [0.29, 0.717) is 25.7 Å². The van der Waals surface area contributed by atoms with Crippen LogP contribution in [0.5, 0.6) is 0 Å². The Morgan fingerprint density at radius 1 is 0.250 bits per heavy atom. The van der Waals surface area contributed by atoms with Crippen LogP contribution in [0, 0.1) is 0 Å². The summed E-state index contributed by atoms with van der Waals surface area (Å²) in [6, 6.07) is 0. The second-order valence-corrected chi connectivity index (χ2v) is 30.5. The Labute approximate surface area is 678 Å². The fourth-order valence-corrected chi connectivity index (χ4v) is 12.3. The number of aliphatic hydroxyl groups is 1. The average Bonchev–Trinajstić information content (AvgIpc) is 0.895. The summed E-state index contributed by atoms with van der Waals surface area (Å²) in [5.41, 5.74) is 0. The summed E-state index contributed by atoms with van der Waals surface area (Å²) in [7, 11) is -10.0. The third-order valence-corrected chi connectivity index (χ3v) is 18.9. The van der Waals surface area contributed by atoms with Crippen LogP contribution in [0.1, 0.15) is 310 Å². The van der Waals surface area contributed by atoms with Crippen LogP contribution in [0.25, 0.3) is 0 Å². The summed E-state index contributed by atoms with van der Waals surface area (Å²) < 4.78 is 68.8. The standard InChI is InChI=1S/C93H150O17P2/c1-5-9-13-17-21-25-29-33-37-41-43-47-49-53-57-61-65-69-73-77-90(95)103-83-88(109-92(97)79-75-71-67-63-59-55-51-45-39-35-31-27-23-19-15-11-7-3)85-107-111(99,100)105-81-87(94)82-106-112(101,102)108-86-89(110-93(98)80-76-72-68-64-60-56-52-46-40-36-32-28-24-20-16-12-8-4)84-104-91(96)78-74-70-66-62-58-54-50-48-44-42-38-34-30-26-22-18-14-10-6-2/h9-16,21-28,33-40,43-44,47-48,53-54,57-58,87-89,94H,5-8,17-20,29-32,41-42,45-46,49-52,55-56,59-86H2,1-4H3,(H,99,100)(H,101,102)/b13-9-,14-10-,15-11-,16-12-,25-21-,26-22-,27-23-,28-24-,37-33-,38-34-,39-35-,40-36-,47-43-,48-44-,57-53-,58-54-. The zero-order valence-corrected chi connectivity index (χ0v) is 71.3. The predicted octanol–water partition coefficient (Wildman–Crippen LogP) is 25.7. The molecule has 0 aromatic rings. The van der Waals surface area contributed by atoms with E-state index in [1.54, 1.807) is 0 Å². The first-order valence-corrected chi connectivity index (χ1v) is 45.7. The van der Waals surface area contributed by atoms with Gasteiger partial charge in [0.2, 0.25) is 0 Å². The lowest BCUT2D eigenvalue weighted by Crippen LogP contribution is -2.30. The van der Waals surface area contributed by atoms with Crippen LogP contribution >= 0.6 is 15.6 Å². The second-order valence-electron chi connectivity index (χ2n) is 27.6. The Morgan fingerprint density at radius 2 is 0.438 bits per heavy atom. The van der Waals surface area contributed by atoms with Crippen molar-refractivity contribution in [2.45, 2.75) is 329 Å². The SMILES string of the molecule is CC/C=C\C/C=C\C/C=C\C/C=C\C/C=C\CCCCCC(=O)OCC(COP(=O)(O)OCC(O)COP(=O)(O)OCC(COC(=O)CCCCC/C=C\C/C=C\C/C=C\C/C=C\C/C=C\CC)OC(=O)CCCCCCCCC/C=C\C/C=C\C/C=C\CC)OC(=O)CCCCCCCCC/C=C\C/C=C\C/C=C\CC. The van der Waals surface area contributed by atoms with Gasteiger partial charge in [-0.15, -0.1) is 0 Å². The lowest BCUT2D eigenvalue weighted by molar-refractivity contribution is -0.161. The number of carbonyl (C=O) groups excluding carboxylic acids is 4. The first-order chi connectivity index (χ1) is 54.7. The van der Waals surface area contributed by atoms with Gasteiger partial charge in [0.05, 0.1) is 26.4 Å². The topological polar surface area (TPSA) is 237 Å². The van der Waals surface area contributed by atoms with Gasteiger partial charge in [-0.05, 0) is 180 Å². The van der Waals surface area contributed by atoms with Crippen molar-refractivity contribution < 1.29 is 80.2 Å². The maximum Gasteiger partial charge on any atom is 0.472 e. The molecule has 0 fully saturated rings. The van der Waals surface area contributed by atoms with E-state index in [1.807, 2.05) is 0 Å². The van der Waals surface area contributed by atoms with Gasteiger partial charge in [0, 0.05) is 25.7 Å². The molecule has 4 unspecified atom stereocenters. The van der Waals surface area contributed by atoms with Gasteiger partial charge in [0.25, 0.3) is 0 Å². The molecule has 19 heteroatoms. The van der Waals surface area contributed by atoms with Crippen molar-refractivity contribution in [2.75, 3.05) is 39.6 Å². The fourth-order valence-electron chi connectivity index (χ4n) is 10.7. The largest absolute Gasteiger partial charge is 0.472 e. The molecule has 0 rings (SSSR count). The van der Waals surface area contributed by atoms with Gasteiger partial charge in [0.15, 0.2) is 12.2 Å². The van der Waals surface area contributed by atoms with Crippen molar-refractivity contribution in [3.8, 4) is 0 Å². The Bertz CT molecular complexity index is 2700. The maximum absolute atomic E-state index is 13.2. The second kappa shape index (κ2) is 82.9. The Hall–Kier alpha value is -6.10. The molecule has 634 valence electrons. The number of carbonyl (C=O) groups is 4. The minimum atomic E-state index is -5.01. The molecule has 0 bridgehead atoms. The molecular weight excluding hydrogens is 1450 g/mol. The van der Waals surface area contributed by atoms with E-state index in [-0.39, 0.29) is 25.7 Å². The zero-order chi connectivity index (χ0) is 81.7. The zero-order valence-electron chi connectivity index (χ0n) is 69.5. The van der Waals surface area contributed by atoms with Crippen LogP contribution in [0.4, 0.5) is 0 Å². The Kier molecular flexibility index (Phi) is 78.4. The van der Waals surface area contributed by atoms with E-state index in [4.69, 9.17) is 37.0 Å². The van der Waals surface area contributed by atoms with Crippen LogP contribution < -0.4 is 0 Å². The average molecular weight is 1600 g/mol. The van der Waals surface area contributed by atoms with E-state index in [2.05, 4.69) is 222 Å². The third kappa shape index (κ3) is 81.9. The first kappa shape index (κ1) is 106. The van der Waals surface area contributed by atoms with Crippen LogP contribution in [-0.2, 0) is 65.4 Å². The van der Waals surface area contributed by atoms with Crippen molar-refractivity contribution >= 4 is 39.5 Å². The summed E-state index contributed by atoms with van der Waals surface area (Å²) >= 11 is 0. The number of esters is 4. The molecule has 0 aliphatic heterocycles. The van der Waals surface area contributed by atoms with E-state index in [0.717, 1.165) is 231 Å². The first-order valence-electron chi connectivity index (χ1n) is 42.7. The molecule has 0 amide bonds. The maximum atomic E-state index is 13.2. The van der Waals surface area contributed by atoms with Crippen molar-refractivity contribution in [2.24, 2.45) is 0 Å². The quantitative estimate of drug-likeness (QED) is 0.0169. The molecule has 3 N–H and O–H groups in total. The van der Waals surface area contributed by atoms with Gasteiger partial charge in [-0.1, -0.05) is 299 Å². The molecule has 0 aromatic heterocycles.